The van der Waals surface area contributed by atoms with E-state index in [0.717, 1.165) is 43.1 Å². The van der Waals surface area contributed by atoms with E-state index in [4.69, 9.17) is 11.6 Å². The van der Waals surface area contributed by atoms with E-state index in [9.17, 15) is 18.0 Å². The van der Waals surface area contributed by atoms with Gasteiger partial charge in [-0.15, -0.1) is 0 Å². The third kappa shape index (κ3) is 4.59. The van der Waals surface area contributed by atoms with Gasteiger partial charge in [-0.2, -0.15) is 13.2 Å². The summed E-state index contributed by atoms with van der Waals surface area (Å²) in [4.78, 5) is 17.8. The molecule has 0 bridgehead atoms. The van der Waals surface area contributed by atoms with Gasteiger partial charge in [0.2, 0.25) is 5.91 Å². The van der Waals surface area contributed by atoms with Crippen LogP contribution in [0.5, 0.6) is 0 Å². The second-order valence-corrected chi connectivity index (χ2v) is 10.1. The predicted octanol–water partition coefficient (Wildman–Crippen LogP) is 5.68. The fourth-order valence-corrected chi connectivity index (χ4v) is 6.04. The maximum Gasteiger partial charge on any atom is 0.416 e. The standard InChI is InChI=1S/C26H29ClF3N3O/c27-21-8-4-5-9-23(21)32-12-13-33-22-11-10-18(26(28,29)30)14-17(22)15-20(24(33)16-32)25(34)31-19-6-2-1-3-7-19/h4-5,8-11,14,19-20,24H,1-3,6-7,12-13,15-16H2,(H,31,34)/t20-,24+/m1/s1. The molecule has 2 heterocycles. The van der Waals surface area contributed by atoms with Crippen LogP contribution < -0.4 is 15.1 Å². The first-order valence-corrected chi connectivity index (χ1v) is 12.5. The zero-order valence-corrected chi connectivity index (χ0v) is 19.7. The van der Waals surface area contributed by atoms with E-state index in [1.807, 2.05) is 24.3 Å². The van der Waals surface area contributed by atoms with Crippen molar-refractivity contribution >= 4 is 28.9 Å². The number of rotatable bonds is 3. The number of piperazine rings is 1. The highest BCUT2D eigenvalue weighted by atomic mass is 35.5. The van der Waals surface area contributed by atoms with Crippen LogP contribution in [0.15, 0.2) is 42.5 Å². The number of benzene rings is 2. The van der Waals surface area contributed by atoms with Crippen molar-refractivity contribution in [1.82, 2.24) is 5.32 Å². The third-order valence-corrected chi connectivity index (χ3v) is 7.84. The lowest BCUT2D eigenvalue weighted by molar-refractivity contribution is -0.137. The average Bonchev–Trinajstić information content (AvgIpc) is 2.83. The average molecular weight is 492 g/mol. The van der Waals surface area contributed by atoms with Gasteiger partial charge in [0, 0.05) is 31.4 Å². The number of halogens is 4. The Bertz CT molecular complexity index is 1050. The molecule has 1 N–H and O–H groups in total. The molecule has 2 fully saturated rings. The minimum absolute atomic E-state index is 0.0500. The number of fused-ring (bicyclic) bond motifs is 3. The van der Waals surface area contributed by atoms with Crippen molar-refractivity contribution in [2.45, 2.75) is 56.8 Å². The summed E-state index contributed by atoms with van der Waals surface area (Å²) < 4.78 is 40.3. The van der Waals surface area contributed by atoms with E-state index in [1.165, 1.54) is 12.5 Å². The molecule has 182 valence electrons. The zero-order chi connectivity index (χ0) is 23.9. The van der Waals surface area contributed by atoms with Crippen LogP contribution in [0.3, 0.4) is 0 Å². The second-order valence-electron chi connectivity index (χ2n) is 9.65. The van der Waals surface area contributed by atoms with Crippen LogP contribution in [-0.2, 0) is 17.4 Å². The summed E-state index contributed by atoms with van der Waals surface area (Å²) in [5.41, 5.74) is 1.67. The summed E-state index contributed by atoms with van der Waals surface area (Å²) in [6.45, 7) is 1.88. The van der Waals surface area contributed by atoms with E-state index in [2.05, 4.69) is 15.1 Å². The molecule has 4 nitrogen and oxygen atoms in total. The van der Waals surface area contributed by atoms with Gasteiger partial charge in [-0.3, -0.25) is 4.79 Å². The van der Waals surface area contributed by atoms with E-state index in [-0.39, 0.29) is 18.0 Å². The molecule has 2 atom stereocenters. The Morgan fingerprint density at radius 3 is 2.50 bits per heavy atom. The number of carbonyl (C=O) groups excluding carboxylic acids is 1. The SMILES string of the molecule is O=C(NC1CCCCC1)[C@@H]1Cc2cc(C(F)(F)F)ccc2N2CCN(c3ccccc3Cl)C[C@@H]12. The van der Waals surface area contributed by atoms with Crippen molar-refractivity contribution in [3.8, 4) is 0 Å². The number of alkyl halides is 3. The molecule has 5 rings (SSSR count). The summed E-state index contributed by atoms with van der Waals surface area (Å²) in [5.74, 6) is -0.478. The molecular formula is C26H29ClF3N3O. The Kier molecular flexibility index (Phi) is 6.40. The normalized spacial score (nSPS) is 23.3. The number of hydrogen-bond acceptors (Lipinski definition) is 3. The number of para-hydroxylation sites is 1. The first kappa shape index (κ1) is 23.3. The van der Waals surface area contributed by atoms with Crippen molar-refractivity contribution < 1.29 is 18.0 Å². The lowest BCUT2D eigenvalue weighted by Crippen LogP contribution is -2.61. The van der Waals surface area contributed by atoms with Gasteiger partial charge in [-0.05, 0) is 55.2 Å². The highest BCUT2D eigenvalue weighted by Gasteiger charge is 2.43. The minimum atomic E-state index is -4.41. The van der Waals surface area contributed by atoms with Crippen LogP contribution in [0, 0.1) is 5.92 Å². The Morgan fingerprint density at radius 1 is 1.00 bits per heavy atom. The first-order valence-electron chi connectivity index (χ1n) is 12.1. The predicted molar refractivity (Wildman–Crippen MR) is 128 cm³/mol. The van der Waals surface area contributed by atoms with Crippen molar-refractivity contribution in [3.63, 3.8) is 0 Å². The van der Waals surface area contributed by atoms with Crippen LogP contribution in [0.2, 0.25) is 5.02 Å². The van der Waals surface area contributed by atoms with E-state index < -0.39 is 17.7 Å². The fraction of sp³-hybridized carbons (Fsp3) is 0.500. The molecule has 0 aromatic heterocycles. The van der Waals surface area contributed by atoms with Crippen LogP contribution in [0.4, 0.5) is 24.5 Å². The number of nitrogens with zero attached hydrogens (tertiary/aromatic N) is 2. The van der Waals surface area contributed by atoms with Crippen molar-refractivity contribution in [2.24, 2.45) is 5.92 Å². The molecule has 1 aliphatic carbocycles. The third-order valence-electron chi connectivity index (χ3n) is 7.52. The largest absolute Gasteiger partial charge is 0.416 e. The van der Waals surface area contributed by atoms with Crippen LogP contribution >= 0.6 is 11.6 Å². The van der Waals surface area contributed by atoms with Gasteiger partial charge in [0.05, 0.1) is 28.2 Å². The summed E-state index contributed by atoms with van der Waals surface area (Å²) in [6, 6.07) is 11.6. The zero-order valence-electron chi connectivity index (χ0n) is 19.0. The van der Waals surface area contributed by atoms with Gasteiger partial charge in [0.15, 0.2) is 0 Å². The summed E-state index contributed by atoms with van der Waals surface area (Å²) >= 11 is 6.46. The summed E-state index contributed by atoms with van der Waals surface area (Å²) in [6.07, 6.45) is 1.21. The molecule has 0 unspecified atom stereocenters. The Labute approximate surface area is 203 Å². The van der Waals surface area contributed by atoms with Gasteiger partial charge in [0.25, 0.3) is 0 Å². The van der Waals surface area contributed by atoms with E-state index in [1.54, 1.807) is 6.07 Å². The smallest absolute Gasteiger partial charge is 0.366 e. The maximum absolute atomic E-state index is 13.5. The molecule has 2 aromatic rings. The first-order chi connectivity index (χ1) is 16.3. The van der Waals surface area contributed by atoms with Crippen molar-refractivity contribution in [1.29, 1.82) is 0 Å². The van der Waals surface area contributed by atoms with Crippen molar-refractivity contribution in [2.75, 3.05) is 29.4 Å². The molecule has 0 spiro atoms. The second kappa shape index (κ2) is 9.33. The van der Waals surface area contributed by atoms with Crippen LogP contribution in [-0.4, -0.2) is 37.6 Å². The molecule has 2 aliphatic heterocycles. The highest BCUT2D eigenvalue weighted by molar-refractivity contribution is 6.33. The van der Waals surface area contributed by atoms with Gasteiger partial charge < -0.3 is 15.1 Å². The number of nitrogens with one attached hydrogen (secondary N) is 1. The van der Waals surface area contributed by atoms with Crippen LogP contribution in [0.25, 0.3) is 0 Å². The summed E-state index contributed by atoms with van der Waals surface area (Å²) in [7, 11) is 0. The minimum Gasteiger partial charge on any atom is -0.366 e. The Morgan fingerprint density at radius 2 is 1.76 bits per heavy atom. The molecular weight excluding hydrogens is 463 g/mol. The lowest BCUT2D eigenvalue weighted by atomic mass is 9.82. The molecule has 3 aliphatic rings. The molecule has 8 heteroatoms. The van der Waals surface area contributed by atoms with Crippen molar-refractivity contribution in [3.05, 3.63) is 58.6 Å². The summed E-state index contributed by atoms with van der Waals surface area (Å²) in [5, 5.41) is 3.89. The number of amides is 1. The van der Waals surface area contributed by atoms with Gasteiger partial charge in [-0.1, -0.05) is 43.0 Å². The molecule has 1 saturated heterocycles. The van der Waals surface area contributed by atoms with Gasteiger partial charge in [-0.25, -0.2) is 0 Å². The monoisotopic (exact) mass is 491 g/mol. The highest BCUT2D eigenvalue weighted by Crippen LogP contribution is 2.41. The Hall–Kier alpha value is -2.41. The van der Waals surface area contributed by atoms with E-state index >= 15 is 0 Å². The van der Waals surface area contributed by atoms with Gasteiger partial charge >= 0.3 is 6.18 Å². The fourth-order valence-electron chi connectivity index (χ4n) is 5.78. The number of hydrogen-bond donors (Lipinski definition) is 1. The lowest BCUT2D eigenvalue weighted by Gasteiger charge is -2.50. The topological polar surface area (TPSA) is 35.6 Å². The van der Waals surface area contributed by atoms with E-state index in [0.29, 0.717) is 36.6 Å². The quantitative estimate of drug-likeness (QED) is 0.600. The molecule has 1 amide bonds. The molecule has 2 aromatic carbocycles. The Balaban J connectivity index is 1.46. The number of carbonyl (C=O) groups is 1. The molecule has 34 heavy (non-hydrogen) atoms. The maximum atomic E-state index is 13.5. The van der Waals surface area contributed by atoms with Gasteiger partial charge in [0.1, 0.15) is 0 Å². The molecule has 0 radical (unpaired) electrons. The number of anilines is 2. The van der Waals surface area contributed by atoms with Crippen LogP contribution in [0.1, 0.15) is 43.2 Å². The molecule has 1 saturated carbocycles.